The number of piperidine rings is 1. The molecule has 5 heteroatoms. The standard InChI is InChI=1S/C17H26N2O2.ClH/c1-13-12-15(8-10-18-13)17(20)19(2)11-9-14-6-4-5-7-16(14)21-3;/h4-7,13,15,18H,8-12H2,1-3H3;1H/t13-,15-;/m0./s1. The van der Waals surface area contributed by atoms with Gasteiger partial charge >= 0.3 is 0 Å². The number of rotatable bonds is 5. The van der Waals surface area contributed by atoms with Gasteiger partial charge in [0.2, 0.25) is 5.91 Å². The molecule has 22 heavy (non-hydrogen) atoms. The minimum atomic E-state index is 0. The summed E-state index contributed by atoms with van der Waals surface area (Å²) in [6.07, 6.45) is 2.72. The summed E-state index contributed by atoms with van der Waals surface area (Å²) in [4.78, 5) is 14.4. The van der Waals surface area contributed by atoms with Crippen molar-refractivity contribution in [3.8, 4) is 5.75 Å². The SMILES string of the molecule is COc1ccccc1CCN(C)C(=O)[C@H]1CCN[C@@H](C)C1.Cl. The van der Waals surface area contributed by atoms with Gasteiger partial charge in [0.1, 0.15) is 5.75 Å². The first kappa shape index (κ1) is 18.8. The van der Waals surface area contributed by atoms with E-state index in [-0.39, 0.29) is 24.2 Å². The first-order chi connectivity index (χ1) is 10.1. The highest BCUT2D eigenvalue weighted by Gasteiger charge is 2.26. The second-order valence-corrected chi connectivity index (χ2v) is 5.90. The van der Waals surface area contributed by atoms with Crippen molar-refractivity contribution in [3.63, 3.8) is 0 Å². The lowest BCUT2D eigenvalue weighted by Gasteiger charge is -2.30. The van der Waals surface area contributed by atoms with E-state index in [4.69, 9.17) is 4.74 Å². The maximum atomic E-state index is 12.5. The van der Waals surface area contributed by atoms with E-state index in [2.05, 4.69) is 18.3 Å². The molecule has 0 bridgehead atoms. The number of hydrogen-bond donors (Lipinski definition) is 1. The Morgan fingerprint density at radius 1 is 1.41 bits per heavy atom. The van der Waals surface area contributed by atoms with Gasteiger partial charge in [0, 0.05) is 25.6 Å². The van der Waals surface area contributed by atoms with Crippen molar-refractivity contribution in [2.75, 3.05) is 27.2 Å². The molecule has 1 aromatic carbocycles. The highest BCUT2D eigenvalue weighted by atomic mass is 35.5. The number of ether oxygens (including phenoxy) is 1. The summed E-state index contributed by atoms with van der Waals surface area (Å²) in [6, 6.07) is 8.44. The lowest BCUT2D eigenvalue weighted by atomic mass is 9.92. The molecule has 0 radical (unpaired) electrons. The number of halogens is 1. The van der Waals surface area contributed by atoms with Gasteiger partial charge in [0.25, 0.3) is 0 Å². The van der Waals surface area contributed by atoms with Gasteiger partial charge in [-0.1, -0.05) is 18.2 Å². The van der Waals surface area contributed by atoms with Crippen LogP contribution in [0.25, 0.3) is 0 Å². The van der Waals surface area contributed by atoms with Gasteiger partial charge < -0.3 is 15.0 Å². The quantitative estimate of drug-likeness (QED) is 0.904. The van der Waals surface area contributed by atoms with Crippen LogP contribution in [-0.2, 0) is 11.2 Å². The van der Waals surface area contributed by atoms with Crippen molar-refractivity contribution in [3.05, 3.63) is 29.8 Å². The van der Waals surface area contributed by atoms with Crippen molar-refractivity contribution in [1.82, 2.24) is 10.2 Å². The maximum Gasteiger partial charge on any atom is 0.225 e. The second-order valence-electron chi connectivity index (χ2n) is 5.90. The van der Waals surface area contributed by atoms with E-state index in [0.717, 1.165) is 43.7 Å². The molecular weight excluding hydrogens is 300 g/mol. The van der Waals surface area contributed by atoms with Crippen molar-refractivity contribution in [1.29, 1.82) is 0 Å². The zero-order chi connectivity index (χ0) is 15.2. The number of nitrogens with zero attached hydrogens (tertiary/aromatic N) is 1. The smallest absolute Gasteiger partial charge is 0.225 e. The molecular formula is C17H27ClN2O2. The summed E-state index contributed by atoms with van der Waals surface area (Å²) in [5, 5.41) is 3.39. The van der Waals surface area contributed by atoms with Gasteiger partial charge in [-0.3, -0.25) is 4.79 Å². The van der Waals surface area contributed by atoms with Gasteiger partial charge in [-0.25, -0.2) is 0 Å². The fourth-order valence-electron chi connectivity index (χ4n) is 2.98. The summed E-state index contributed by atoms with van der Waals surface area (Å²) in [5.41, 5.74) is 1.15. The Bertz CT molecular complexity index is 481. The summed E-state index contributed by atoms with van der Waals surface area (Å²) < 4.78 is 5.36. The van der Waals surface area contributed by atoms with E-state index in [1.165, 1.54) is 0 Å². The maximum absolute atomic E-state index is 12.5. The van der Waals surface area contributed by atoms with Crippen LogP contribution in [0.2, 0.25) is 0 Å². The summed E-state index contributed by atoms with van der Waals surface area (Å²) >= 11 is 0. The van der Waals surface area contributed by atoms with Crippen LogP contribution in [0.3, 0.4) is 0 Å². The number of nitrogens with one attached hydrogen (secondary N) is 1. The van der Waals surface area contributed by atoms with Crippen molar-refractivity contribution in [2.24, 2.45) is 5.92 Å². The van der Waals surface area contributed by atoms with Crippen LogP contribution >= 0.6 is 12.4 Å². The molecule has 2 atom stereocenters. The topological polar surface area (TPSA) is 41.6 Å². The number of amides is 1. The number of carbonyl (C=O) groups is 1. The zero-order valence-corrected chi connectivity index (χ0v) is 14.5. The number of hydrogen-bond acceptors (Lipinski definition) is 3. The van der Waals surface area contributed by atoms with E-state index in [1.54, 1.807) is 7.11 Å². The minimum absolute atomic E-state index is 0. The highest BCUT2D eigenvalue weighted by Crippen LogP contribution is 2.20. The average Bonchev–Trinajstić information content (AvgIpc) is 2.52. The predicted molar refractivity (Wildman–Crippen MR) is 91.8 cm³/mol. The average molecular weight is 327 g/mol. The lowest BCUT2D eigenvalue weighted by Crippen LogP contribution is -2.43. The first-order valence-electron chi connectivity index (χ1n) is 7.72. The molecule has 4 nitrogen and oxygen atoms in total. The third-order valence-corrected chi connectivity index (χ3v) is 4.26. The van der Waals surface area contributed by atoms with Crippen LogP contribution in [0.1, 0.15) is 25.3 Å². The number of carbonyl (C=O) groups excluding carboxylic acids is 1. The van der Waals surface area contributed by atoms with Crippen LogP contribution in [0.15, 0.2) is 24.3 Å². The molecule has 1 aromatic rings. The van der Waals surface area contributed by atoms with E-state index < -0.39 is 0 Å². The van der Waals surface area contributed by atoms with E-state index in [9.17, 15) is 4.79 Å². The van der Waals surface area contributed by atoms with E-state index in [0.29, 0.717) is 6.04 Å². The van der Waals surface area contributed by atoms with Gasteiger partial charge in [0.05, 0.1) is 7.11 Å². The fraction of sp³-hybridized carbons (Fsp3) is 0.588. The molecule has 1 saturated heterocycles. The Balaban J connectivity index is 0.00000242. The molecule has 2 rings (SSSR count). The molecule has 1 N–H and O–H groups in total. The van der Waals surface area contributed by atoms with Crippen LogP contribution < -0.4 is 10.1 Å². The minimum Gasteiger partial charge on any atom is -0.496 e. The molecule has 0 saturated carbocycles. The molecule has 124 valence electrons. The first-order valence-corrected chi connectivity index (χ1v) is 7.72. The van der Waals surface area contributed by atoms with Gasteiger partial charge in [-0.05, 0) is 44.4 Å². The number of para-hydroxylation sites is 1. The molecule has 1 heterocycles. The molecule has 0 aliphatic carbocycles. The fourth-order valence-corrected chi connectivity index (χ4v) is 2.98. The molecule has 0 aromatic heterocycles. The molecule has 0 unspecified atom stereocenters. The van der Waals surface area contributed by atoms with Gasteiger partial charge in [-0.2, -0.15) is 0 Å². The van der Waals surface area contributed by atoms with Gasteiger partial charge in [0.15, 0.2) is 0 Å². The largest absolute Gasteiger partial charge is 0.496 e. The summed E-state index contributed by atoms with van der Waals surface area (Å²) in [6.45, 7) is 3.82. The molecule has 0 spiro atoms. The van der Waals surface area contributed by atoms with Crippen LogP contribution in [0.4, 0.5) is 0 Å². The Labute approximate surface area is 139 Å². The zero-order valence-electron chi connectivity index (χ0n) is 13.7. The molecule has 1 fully saturated rings. The number of benzene rings is 1. The summed E-state index contributed by atoms with van der Waals surface area (Å²) in [7, 11) is 3.59. The monoisotopic (exact) mass is 326 g/mol. The van der Waals surface area contributed by atoms with Gasteiger partial charge in [-0.15, -0.1) is 12.4 Å². The van der Waals surface area contributed by atoms with Crippen molar-refractivity contribution >= 4 is 18.3 Å². The van der Waals surface area contributed by atoms with Crippen molar-refractivity contribution in [2.45, 2.75) is 32.2 Å². The highest BCUT2D eigenvalue weighted by molar-refractivity contribution is 5.85. The molecule has 1 aliphatic heterocycles. The van der Waals surface area contributed by atoms with Crippen LogP contribution in [0.5, 0.6) is 5.75 Å². The second kappa shape index (κ2) is 9.01. The third-order valence-electron chi connectivity index (χ3n) is 4.26. The third kappa shape index (κ3) is 4.89. The van der Waals surface area contributed by atoms with E-state index in [1.807, 2.05) is 30.1 Å². The molecule has 1 aliphatic rings. The number of likely N-dealkylation sites (N-methyl/N-ethyl adjacent to an activating group) is 1. The lowest BCUT2D eigenvalue weighted by molar-refractivity contribution is -0.135. The normalized spacial score (nSPS) is 20.9. The Kier molecular flexibility index (Phi) is 7.69. The Morgan fingerprint density at radius 2 is 2.14 bits per heavy atom. The Hall–Kier alpha value is -1.26. The molecule has 1 amide bonds. The van der Waals surface area contributed by atoms with Crippen LogP contribution in [-0.4, -0.2) is 44.1 Å². The Morgan fingerprint density at radius 3 is 2.82 bits per heavy atom. The van der Waals surface area contributed by atoms with E-state index >= 15 is 0 Å². The van der Waals surface area contributed by atoms with Crippen molar-refractivity contribution < 1.29 is 9.53 Å². The van der Waals surface area contributed by atoms with Crippen LogP contribution in [0, 0.1) is 5.92 Å². The number of methoxy groups -OCH3 is 1. The predicted octanol–water partition coefficient (Wildman–Crippen LogP) is 2.51. The summed E-state index contributed by atoms with van der Waals surface area (Å²) in [5.74, 6) is 1.34.